The summed E-state index contributed by atoms with van der Waals surface area (Å²) in [6.45, 7) is 10.6. The fourth-order valence-electron chi connectivity index (χ4n) is 7.34. The Bertz CT molecular complexity index is 954. The van der Waals surface area contributed by atoms with Crippen LogP contribution in [0.1, 0.15) is 239 Å². The summed E-state index contributed by atoms with van der Waals surface area (Å²) < 4.78 is 30.0. The second kappa shape index (κ2) is 42.9. The molecule has 0 spiro atoms. The average Bonchev–Trinajstić information content (AvgIpc) is 3.20. The van der Waals surface area contributed by atoms with Crippen molar-refractivity contribution < 1.29 is 27.7 Å². The molecule has 0 radical (unpaired) electrons. The number of amides is 2. The minimum absolute atomic E-state index is 0.00338. The summed E-state index contributed by atoms with van der Waals surface area (Å²) in [5, 5.41) is 6.52. The van der Waals surface area contributed by atoms with E-state index in [4.69, 9.17) is 19.3 Å². The first-order valence-electron chi connectivity index (χ1n) is 24.3. The van der Waals surface area contributed by atoms with E-state index in [0.717, 1.165) is 51.4 Å². The van der Waals surface area contributed by atoms with Crippen molar-refractivity contribution in [3.63, 3.8) is 0 Å². The van der Waals surface area contributed by atoms with Crippen molar-refractivity contribution in [3.05, 3.63) is 12.7 Å². The Morgan fingerprint density at radius 2 is 0.895 bits per heavy atom. The predicted molar refractivity (Wildman–Crippen MR) is 243 cm³/mol. The molecule has 0 aliphatic carbocycles. The fourth-order valence-corrected chi connectivity index (χ4v) is 8.54. The second-order valence-electron chi connectivity index (χ2n) is 16.5. The number of hydrogen-bond acceptors (Lipinski definition) is 7. The van der Waals surface area contributed by atoms with Gasteiger partial charge in [-0.05, 0) is 32.1 Å². The van der Waals surface area contributed by atoms with Gasteiger partial charge in [-0.2, -0.15) is 0 Å². The van der Waals surface area contributed by atoms with Crippen LogP contribution < -0.4 is 16.4 Å². The van der Waals surface area contributed by atoms with E-state index in [1.54, 1.807) is 0 Å². The molecule has 3 atom stereocenters. The Morgan fingerprint density at radius 1 is 0.526 bits per heavy atom. The van der Waals surface area contributed by atoms with Crippen LogP contribution in [-0.2, 0) is 27.7 Å². The van der Waals surface area contributed by atoms with Crippen LogP contribution >= 0.6 is 7.82 Å². The Hall–Kier alpha value is -1.25. The number of hydrogen-bond donors (Lipinski definition) is 3. The maximum Gasteiger partial charge on any atom is 0.475 e. The van der Waals surface area contributed by atoms with Crippen molar-refractivity contribution >= 4 is 19.6 Å². The van der Waals surface area contributed by atoms with Gasteiger partial charge in [0.2, 0.25) is 11.8 Å². The Labute approximate surface area is 352 Å². The quantitative estimate of drug-likeness (QED) is 0.0316. The number of rotatable bonds is 46. The molecule has 4 N–H and O–H groups in total. The molecule has 0 aromatic heterocycles. The molecular formula is C47H94N3O6P. The Morgan fingerprint density at radius 3 is 1.30 bits per heavy atom. The van der Waals surface area contributed by atoms with Gasteiger partial charge in [-0.25, -0.2) is 4.57 Å². The maximum absolute atomic E-state index is 13.4. The van der Waals surface area contributed by atoms with Gasteiger partial charge in [0, 0.05) is 25.4 Å². The molecule has 0 aliphatic rings. The van der Waals surface area contributed by atoms with E-state index in [1.165, 1.54) is 147 Å². The second-order valence-corrected chi connectivity index (χ2v) is 18.2. The molecule has 9 nitrogen and oxygen atoms in total. The molecule has 57 heavy (non-hydrogen) atoms. The zero-order valence-electron chi connectivity index (χ0n) is 37.8. The van der Waals surface area contributed by atoms with E-state index in [2.05, 4.69) is 38.0 Å². The summed E-state index contributed by atoms with van der Waals surface area (Å²) in [6.07, 6.45) is 40.4. The van der Waals surface area contributed by atoms with Crippen LogP contribution in [0.15, 0.2) is 12.7 Å². The largest absolute Gasteiger partial charge is 0.475 e. The molecule has 0 fully saturated rings. The summed E-state index contributed by atoms with van der Waals surface area (Å²) >= 11 is 0. The van der Waals surface area contributed by atoms with Crippen LogP contribution in [0.3, 0.4) is 0 Å². The lowest BCUT2D eigenvalue weighted by Crippen LogP contribution is -2.41. The topological polar surface area (TPSA) is 129 Å². The molecule has 0 aliphatic heterocycles. The summed E-state index contributed by atoms with van der Waals surface area (Å²) in [4.78, 5) is 26.4. The fraction of sp³-hybridized carbons (Fsp3) is 0.915. The lowest BCUT2D eigenvalue weighted by Gasteiger charge is -2.25. The third-order valence-electron chi connectivity index (χ3n) is 10.9. The van der Waals surface area contributed by atoms with Gasteiger partial charge in [-0.3, -0.25) is 23.2 Å². The van der Waals surface area contributed by atoms with Crippen molar-refractivity contribution in [1.29, 1.82) is 0 Å². The van der Waals surface area contributed by atoms with Crippen molar-refractivity contribution in [2.75, 3.05) is 26.4 Å². The number of unbranched alkanes of at least 4 members (excludes halogenated alkanes) is 26. The molecule has 2 unspecified atom stereocenters. The Kier molecular flexibility index (Phi) is 41.9. The molecule has 0 saturated heterocycles. The number of carbonyl (C=O) groups excluding carboxylic acids is 2. The van der Waals surface area contributed by atoms with Gasteiger partial charge < -0.3 is 16.4 Å². The van der Waals surface area contributed by atoms with E-state index in [9.17, 15) is 14.2 Å². The Balaban J connectivity index is 5.21. The van der Waals surface area contributed by atoms with Crippen molar-refractivity contribution in [1.82, 2.24) is 10.6 Å². The highest BCUT2D eigenvalue weighted by molar-refractivity contribution is 7.48. The molecule has 0 bridgehead atoms. The SMILES string of the molecule is C=CCOP(=O)(OCCN)OC[C@@H](CCC(CCCCCCCCC)NC(=O)CCCCCCCCCCCCC)NC(=O)CCCCCCCCCCCCC. The van der Waals surface area contributed by atoms with Gasteiger partial charge in [0.25, 0.3) is 0 Å². The van der Waals surface area contributed by atoms with Crippen molar-refractivity contribution in [2.24, 2.45) is 5.73 Å². The highest BCUT2D eigenvalue weighted by atomic mass is 31.2. The van der Waals surface area contributed by atoms with Crippen LogP contribution in [0.4, 0.5) is 0 Å². The maximum atomic E-state index is 13.4. The predicted octanol–water partition coefficient (Wildman–Crippen LogP) is 13.6. The molecule has 0 aromatic carbocycles. The van der Waals surface area contributed by atoms with Gasteiger partial charge in [-0.15, -0.1) is 6.58 Å². The molecule has 0 heterocycles. The smallest absolute Gasteiger partial charge is 0.353 e. The van der Waals surface area contributed by atoms with E-state index in [1.807, 2.05) is 0 Å². The van der Waals surface area contributed by atoms with Crippen molar-refractivity contribution in [3.8, 4) is 0 Å². The number of phosphoric acid groups is 1. The molecule has 338 valence electrons. The van der Waals surface area contributed by atoms with Gasteiger partial charge >= 0.3 is 7.82 Å². The third-order valence-corrected chi connectivity index (χ3v) is 12.3. The first-order chi connectivity index (χ1) is 27.8. The number of nitrogens with two attached hydrogens (primary N) is 1. The van der Waals surface area contributed by atoms with Gasteiger partial charge in [0.15, 0.2) is 0 Å². The van der Waals surface area contributed by atoms with Crippen molar-refractivity contribution in [2.45, 2.75) is 251 Å². The molecule has 2 amide bonds. The standard InChI is InChI=1S/C47H94N3O6P/c1-5-9-12-15-18-20-22-24-27-30-33-36-46(51)49-44(35-32-29-26-17-14-11-7-3)38-39-45(43-56-57(53,54-41-8-4)55-42-40-48)50-47(52)37-34-31-28-25-23-21-19-16-13-10-6-2/h8,44-45H,4-7,9-43,48H2,1-3H3,(H,49,51)(H,50,52)/t44?,45-,57?/m1/s1. The van der Waals surface area contributed by atoms with Crippen LogP contribution in [-0.4, -0.2) is 50.3 Å². The third kappa shape index (κ3) is 38.7. The van der Waals surface area contributed by atoms with E-state index in [-0.39, 0.29) is 44.2 Å². The highest BCUT2D eigenvalue weighted by Crippen LogP contribution is 2.49. The number of phosphoric ester groups is 1. The van der Waals surface area contributed by atoms with Crippen LogP contribution in [0, 0.1) is 0 Å². The normalized spacial score (nSPS) is 13.6. The average molecular weight is 828 g/mol. The lowest BCUT2D eigenvalue weighted by atomic mass is 9.99. The molecule has 0 saturated carbocycles. The van der Waals surface area contributed by atoms with Crippen LogP contribution in [0.25, 0.3) is 0 Å². The molecular weight excluding hydrogens is 734 g/mol. The zero-order chi connectivity index (χ0) is 41.9. The molecule has 0 rings (SSSR count). The zero-order valence-corrected chi connectivity index (χ0v) is 38.7. The number of carbonyl (C=O) groups is 2. The van der Waals surface area contributed by atoms with E-state index < -0.39 is 13.9 Å². The summed E-state index contributed by atoms with van der Waals surface area (Å²) in [6, 6.07) is -0.406. The van der Waals surface area contributed by atoms with Gasteiger partial charge in [0.05, 0.1) is 25.9 Å². The first kappa shape index (κ1) is 55.8. The first-order valence-corrected chi connectivity index (χ1v) is 25.7. The van der Waals surface area contributed by atoms with Gasteiger partial charge in [-0.1, -0.05) is 200 Å². The van der Waals surface area contributed by atoms with Crippen LogP contribution in [0.5, 0.6) is 0 Å². The minimum Gasteiger partial charge on any atom is -0.353 e. The number of nitrogens with one attached hydrogen (secondary N) is 2. The summed E-state index contributed by atoms with van der Waals surface area (Å²) in [7, 11) is -3.90. The monoisotopic (exact) mass is 828 g/mol. The summed E-state index contributed by atoms with van der Waals surface area (Å²) in [5.41, 5.74) is 5.61. The lowest BCUT2D eigenvalue weighted by molar-refractivity contribution is -0.123. The van der Waals surface area contributed by atoms with Gasteiger partial charge in [0.1, 0.15) is 0 Å². The molecule has 0 aromatic rings. The minimum atomic E-state index is -3.90. The van der Waals surface area contributed by atoms with Crippen LogP contribution in [0.2, 0.25) is 0 Å². The highest BCUT2D eigenvalue weighted by Gasteiger charge is 2.28. The molecule has 10 heteroatoms. The van der Waals surface area contributed by atoms with E-state index in [0.29, 0.717) is 25.7 Å². The van der Waals surface area contributed by atoms with E-state index >= 15 is 0 Å². The summed E-state index contributed by atoms with van der Waals surface area (Å²) in [5.74, 6) is 0.0816.